The monoisotopic (exact) mass is 289 g/mol. The largest absolute Gasteiger partial charge is 0.488 e. The Bertz CT molecular complexity index is 412. The van der Waals surface area contributed by atoms with Crippen molar-refractivity contribution in [1.29, 1.82) is 0 Å². The molecule has 0 saturated carbocycles. The molecule has 0 aliphatic carbocycles. The first-order valence-corrected chi connectivity index (χ1v) is 8.43. The van der Waals surface area contributed by atoms with Crippen LogP contribution in [0.25, 0.3) is 0 Å². The van der Waals surface area contributed by atoms with E-state index in [-0.39, 0.29) is 5.60 Å². The molecule has 0 bridgehead atoms. The summed E-state index contributed by atoms with van der Waals surface area (Å²) in [6.07, 6.45) is 5.34. The zero-order chi connectivity index (χ0) is 15.3. The maximum absolute atomic E-state index is 5.87. The molecule has 2 rings (SSSR count). The van der Waals surface area contributed by atoms with Crippen LogP contribution in [-0.2, 0) is 6.42 Å². The van der Waals surface area contributed by atoms with Crippen LogP contribution in [0, 0.1) is 5.92 Å². The molecule has 0 N–H and O–H groups in total. The number of hydrogen-bond acceptors (Lipinski definition) is 2. The van der Waals surface area contributed by atoms with E-state index in [1.807, 2.05) is 0 Å². The Morgan fingerprint density at radius 1 is 1.05 bits per heavy atom. The predicted octanol–water partition coefficient (Wildman–Crippen LogP) is 4.53. The minimum atomic E-state index is -0.122. The summed E-state index contributed by atoms with van der Waals surface area (Å²) in [6, 6.07) is 8.64. The van der Waals surface area contributed by atoms with E-state index in [0.29, 0.717) is 0 Å². The zero-order valence-corrected chi connectivity index (χ0v) is 14.2. The predicted molar refractivity (Wildman–Crippen MR) is 90.0 cm³/mol. The molecule has 1 aromatic rings. The lowest BCUT2D eigenvalue weighted by Crippen LogP contribution is -2.34. The third kappa shape index (κ3) is 6.09. The van der Waals surface area contributed by atoms with Crippen molar-refractivity contribution in [1.82, 2.24) is 4.90 Å². The Labute approximate surface area is 130 Å². The molecule has 118 valence electrons. The van der Waals surface area contributed by atoms with Crippen LogP contribution < -0.4 is 4.74 Å². The van der Waals surface area contributed by atoms with Gasteiger partial charge in [-0.05, 0) is 76.7 Å². The number of likely N-dealkylation sites (tertiary alicyclic amines) is 1. The first-order valence-electron chi connectivity index (χ1n) is 8.43. The van der Waals surface area contributed by atoms with Crippen LogP contribution in [0.1, 0.15) is 52.5 Å². The molecule has 1 atom stereocenters. The normalized spacial score (nSPS) is 18.5. The SMILES string of the molecule is CC(Cc1ccc(OC(C)(C)C)cc1)CN1CCCCC1. The molecule has 0 radical (unpaired) electrons. The Morgan fingerprint density at radius 3 is 2.24 bits per heavy atom. The highest BCUT2D eigenvalue weighted by atomic mass is 16.5. The average molecular weight is 289 g/mol. The first-order chi connectivity index (χ1) is 9.92. The van der Waals surface area contributed by atoms with Gasteiger partial charge in [0.15, 0.2) is 0 Å². The number of rotatable bonds is 5. The third-order valence-electron chi connectivity index (χ3n) is 3.95. The molecule has 1 saturated heterocycles. The molecule has 2 nitrogen and oxygen atoms in total. The van der Waals surface area contributed by atoms with Crippen LogP contribution >= 0.6 is 0 Å². The van der Waals surface area contributed by atoms with Gasteiger partial charge in [-0.3, -0.25) is 0 Å². The summed E-state index contributed by atoms with van der Waals surface area (Å²) >= 11 is 0. The first kappa shape index (κ1) is 16.4. The van der Waals surface area contributed by atoms with Crippen LogP contribution in [-0.4, -0.2) is 30.1 Å². The van der Waals surface area contributed by atoms with Crippen molar-refractivity contribution in [3.05, 3.63) is 29.8 Å². The number of nitrogens with zero attached hydrogens (tertiary/aromatic N) is 1. The van der Waals surface area contributed by atoms with Crippen LogP contribution in [0.3, 0.4) is 0 Å². The van der Waals surface area contributed by atoms with Crippen molar-refractivity contribution in [2.75, 3.05) is 19.6 Å². The van der Waals surface area contributed by atoms with Gasteiger partial charge < -0.3 is 9.64 Å². The van der Waals surface area contributed by atoms with Crippen LogP contribution in [0.5, 0.6) is 5.75 Å². The molecule has 1 aliphatic rings. The summed E-state index contributed by atoms with van der Waals surface area (Å²) in [5.74, 6) is 1.69. The lowest BCUT2D eigenvalue weighted by atomic mass is 9.99. The van der Waals surface area contributed by atoms with Gasteiger partial charge in [-0.25, -0.2) is 0 Å². The van der Waals surface area contributed by atoms with E-state index < -0.39 is 0 Å². The highest BCUT2D eigenvalue weighted by Gasteiger charge is 2.14. The fourth-order valence-corrected chi connectivity index (χ4v) is 3.10. The van der Waals surface area contributed by atoms with Gasteiger partial charge in [-0.1, -0.05) is 25.5 Å². The van der Waals surface area contributed by atoms with Crippen molar-refractivity contribution in [2.24, 2.45) is 5.92 Å². The van der Waals surface area contributed by atoms with Crippen molar-refractivity contribution in [3.63, 3.8) is 0 Å². The second-order valence-corrected chi connectivity index (χ2v) is 7.53. The molecule has 0 aromatic heterocycles. The van der Waals surface area contributed by atoms with Crippen molar-refractivity contribution in [3.8, 4) is 5.75 Å². The highest BCUT2D eigenvalue weighted by Crippen LogP contribution is 2.20. The van der Waals surface area contributed by atoms with Gasteiger partial charge in [0.2, 0.25) is 0 Å². The summed E-state index contributed by atoms with van der Waals surface area (Å²) in [5, 5.41) is 0. The van der Waals surface area contributed by atoms with E-state index in [9.17, 15) is 0 Å². The number of benzene rings is 1. The van der Waals surface area contributed by atoms with E-state index in [1.54, 1.807) is 0 Å². The molecule has 21 heavy (non-hydrogen) atoms. The number of piperidine rings is 1. The van der Waals surface area contributed by atoms with Gasteiger partial charge in [-0.15, -0.1) is 0 Å². The van der Waals surface area contributed by atoms with Crippen molar-refractivity contribution >= 4 is 0 Å². The molecule has 1 fully saturated rings. The van der Waals surface area contributed by atoms with Gasteiger partial charge >= 0.3 is 0 Å². The average Bonchev–Trinajstić information content (AvgIpc) is 2.40. The maximum Gasteiger partial charge on any atom is 0.120 e. The van der Waals surface area contributed by atoms with Gasteiger partial charge in [0.1, 0.15) is 11.4 Å². The summed E-state index contributed by atoms with van der Waals surface area (Å²) in [7, 11) is 0. The van der Waals surface area contributed by atoms with Crippen LogP contribution in [0.15, 0.2) is 24.3 Å². The van der Waals surface area contributed by atoms with Crippen LogP contribution in [0.4, 0.5) is 0 Å². The standard InChI is InChI=1S/C19H31NO/c1-16(15-20-12-6-5-7-13-20)14-17-8-10-18(11-9-17)21-19(2,3)4/h8-11,16H,5-7,12-15H2,1-4H3. The Morgan fingerprint density at radius 2 is 1.67 bits per heavy atom. The molecule has 2 heteroatoms. The molecule has 0 spiro atoms. The second kappa shape index (κ2) is 7.31. The highest BCUT2D eigenvalue weighted by molar-refractivity contribution is 5.28. The minimum Gasteiger partial charge on any atom is -0.488 e. The fraction of sp³-hybridized carbons (Fsp3) is 0.684. The number of ether oxygens (including phenoxy) is 1. The third-order valence-corrected chi connectivity index (χ3v) is 3.95. The lowest BCUT2D eigenvalue weighted by Gasteiger charge is -2.29. The second-order valence-electron chi connectivity index (χ2n) is 7.53. The molecule has 1 unspecified atom stereocenters. The summed E-state index contributed by atoms with van der Waals surface area (Å²) < 4.78 is 5.87. The zero-order valence-electron chi connectivity index (χ0n) is 14.2. The minimum absolute atomic E-state index is 0.122. The molecular formula is C19H31NO. The van der Waals surface area contributed by atoms with Crippen molar-refractivity contribution in [2.45, 2.75) is 59.0 Å². The topological polar surface area (TPSA) is 12.5 Å². The maximum atomic E-state index is 5.87. The van der Waals surface area contributed by atoms with Gasteiger partial charge in [0.05, 0.1) is 0 Å². The van der Waals surface area contributed by atoms with E-state index in [2.05, 4.69) is 56.9 Å². The van der Waals surface area contributed by atoms with E-state index >= 15 is 0 Å². The smallest absolute Gasteiger partial charge is 0.120 e. The summed E-state index contributed by atoms with van der Waals surface area (Å²) in [5.41, 5.74) is 1.30. The van der Waals surface area contributed by atoms with Gasteiger partial charge in [0.25, 0.3) is 0 Å². The Balaban J connectivity index is 1.81. The van der Waals surface area contributed by atoms with Gasteiger partial charge in [-0.2, -0.15) is 0 Å². The molecule has 1 aromatic carbocycles. The lowest BCUT2D eigenvalue weighted by molar-refractivity contribution is 0.131. The van der Waals surface area contributed by atoms with Crippen molar-refractivity contribution < 1.29 is 4.74 Å². The molecule has 0 amide bonds. The molecule has 1 aliphatic heterocycles. The quantitative estimate of drug-likeness (QED) is 0.789. The Kier molecular flexibility index (Phi) is 5.69. The van der Waals surface area contributed by atoms with E-state index in [4.69, 9.17) is 4.74 Å². The fourth-order valence-electron chi connectivity index (χ4n) is 3.10. The molecular weight excluding hydrogens is 258 g/mol. The number of hydrogen-bond donors (Lipinski definition) is 0. The van der Waals surface area contributed by atoms with E-state index in [1.165, 1.54) is 44.5 Å². The summed E-state index contributed by atoms with van der Waals surface area (Å²) in [4.78, 5) is 2.63. The van der Waals surface area contributed by atoms with E-state index in [0.717, 1.165) is 18.1 Å². The van der Waals surface area contributed by atoms with Gasteiger partial charge in [0, 0.05) is 6.54 Å². The Hall–Kier alpha value is -1.02. The molecule has 1 heterocycles. The summed E-state index contributed by atoms with van der Waals surface area (Å²) in [6.45, 7) is 12.4. The van der Waals surface area contributed by atoms with Crippen LogP contribution in [0.2, 0.25) is 0 Å².